The van der Waals surface area contributed by atoms with Crippen molar-refractivity contribution in [3.05, 3.63) is 51.9 Å². The van der Waals surface area contributed by atoms with Gasteiger partial charge >= 0.3 is 6.36 Å². The van der Waals surface area contributed by atoms with Gasteiger partial charge in [-0.1, -0.05) is 24.3 Å². The van der Waals surface area contributed by atoms with Crippen LogP contribution in [0.25, 0.3) is 11.1 Å². The van der Waals surface area contributed by atoms with Crippen LogP contribution in [0.2, 0.25) is 0 Å². The SMILES string of the molecule is Fc1cccc(-c2ccc(OC(F)(F)F)cc2)c1I. The lowest BCUT2D eigenvalue weighted by Crippen LogP contribution is -2.16. The number of hydrogen-bond acceptors (Lipinski definition) is 1. The molecule has 0 aliphatic heterocycles. The van der Waals surface area contributed by atoms with Gasteiger partial charge < -0.3 is 4.74 Å². The van der Waals surface area contributed by atoms with E-state index in [1.54, 1.807) is 12.1 Å². The highest BCUT2D eigenvalue weighted by Gasteiger charge is 2.30. The minimum atomic E-state index is -4.71. The third kappa shape index (κ3) is 3.59. The first-order valence-electron chi connectivity index (χ1n) is 5.17. The van der Waals surface area contributed by atoms with E-state index in [0.29, 0.717) is 14.7 Å². The standard InChI is InChI=1S/C13H7F4IO/c14-11-3-1-2-10(12(11)18)8-4-6-9(7-5-8)19-13(15,16)17/h1-7H. The number of benzene rings is 2. The molecule has 0 saturated carbocycles. The summed E-state index contributed by atoms with van der Waals surface area (Å²) in [5, 5.41) is 0. The molecule has 0 N–H and O–H groups in total. The van der Waals surface area contributed by atoms with Crippen molar-refractivity contribution in [2.45, 2.75) is 6.36 Å². The molecule has 0 aromatic heterocycles. The molecule has 2 aromatic carbocycles. The molecular weight excluding hydrogens is 375 g/mol. The van der Waals surface area contributed by atoms with E-state index in [1.165, 1.54) is 30.3 Å². The second-order valence-corrected chi connectivity index (χ2v) is 4.75. The first-order chi connectivity index (χ1) is 8.87. The predicted octanol–water partition coefficient (Wildman–Crippen LogP) is 5.00. The van der Waals surface area contributed by atoms with Gasteiger partial charge in [0.05, 0.1) is 3.57 Å². The number of ether oxygens (including phenoxy) is 1. The van der Waals surface area contributed by atoms with Crippen LogP contribution in [0.15, 0.2) is 42.5 Å². The molecule has 0 bridgehead atoms. The fraction of sp³-hybridized carbons (Fsp3) is 0.0769. The summed E-state index contributed by atoms with van der Waals surface area (Å²) < 4.78 is 53.6. The normalized spacial score (nSPS) is 11.4. The zero-order valence-electron chi connectivity index (χ0n) is 9.34. The van der Waals surface area contributed by atoms with Crippen LogP contribution in [-0.2, 0) is 0 Å². The molecule has 2 rings (SSSR count). The van der Waals surface area contributed by atoms with E-state index < -0.39 is 6.36 Å². The molecule has 6 heteroatoms. The molecule has 19 heavy (non-hydrogen) atoms. The van der Waals surface area contributed by atoms with Gasteiger partial charge in [0, 0.05) is 0 Å². The Morgan fingerprint density at radius 3 is 2.16 bits per heavy atom. The maximum atomic E-state index is 13.4. The van der Waals surface area contributed by atoms with Crippen LogP contribution in [0.1, 0.15) is 0 Å². The second kappa shape index (κ2) is 5.36. The van der Waals surface area contributed by atoms with Crippen molar-refractivity contribution in [2.24, 2.45) is 0 Å². The van der Waals surface area contributed by atoms with E-state index in [2.05, 4.69) is 4.74 Å². The fourth-order valence-corrected chi connectivity index (χ4v) is 2.23. The van der Waals surface area contributed by atoms with E-state index in [0.717, 1.165) is 0 Å². The molecule has 0 atom stereocenters. The van der Waals surface area contributed by atoms with Crippen LogP contribution in [0, 0.1) is 9.39 Å². The van der Waals surface area contributed by atoms with E-state index in [4.69, 9.17) is 0 Å². The zero-order valence-corrected chi connectivity index (χ0v) is 11.5. The van der Waals surface area contributed by atoms with Gasteiger partial charge in [-0.3, -0.25) is 0 Å². The number of halogens is 5. The molecule has 0 saturated heterocycles. The van der Waals surface area contributed by atoms with Crippen molar-refractivity contribution in [3.63, 3.8) is 0 Å². The highest BCUT2D eigenvalue weighted by Crippen LogP contribution is 2.30. The Hall–Kier alpha value is -1.31. The topological polar surface area (TPSA) is 9.23 Å². The maximum Gasteiger partial charge on any atom is 0.573 e. The smallest absolute Gasteiger partial charge is 0.406 e. The Morgan fingerprint density at radius 2 is 1.58 bits per heavy atom. The van der Waals surface area contributed by atoms with Gasteiger partial charge in [0.2, 0.25) is 0 Å². The molecule has 0 aliphatic carbocycles. The summed E-state index contributed by atoms with van der Waals surface area (Å²) in [7, 11) is 0. The van der Waals surface area contributed by atoms with Crippen molar-refractivity contribution < 1.29 is 22.3 Å². The van der Waals surface area contributed by atoms with Crippen LogP contribution >= 0.6 is 22.6 Å². The molecule has 1 nitrogen and oxygen atoms in total. The summed E-state index contributed by atoms with van der Waals surface area (Å²) in [4.78, 5) is 0. The molecule has 0 fully saturated rings. The van der Waals surface area contributed by atoms with Crippen LogP contribution < -0.4 is 4.74 Å². The largest absolute Gasteiger partial charge is 0.573 e. The van der Waals surface area contributed by atoms with Crippen LogP contribution in [0.4, 0.5) is 17.6 Å². The summed E-state index contributed by atoms with van der Waals surface area (Å²) in [5.41, 5.74) is 1.25. The van der Waals surface area contributed by atoms with Crippen molar-refractivity contribution in [3.8, 4) is 16.9 Å². The first-order valence-corrected chi connectivity index (χ1v) is 6.25. The van der Waals surface area contributed by atoms with Crippen molar-refractivity contribution in [1.29, 1.82) is 0 Å². The van der Waals surface area contributed by atoms with Crippen molar-refractivity contribution in [1.82, 2.24) is 0 Å². The lowest BCUT2D eigenvalue weighted by atomic mass is 10.1. The average molecular weight is 382 g/mol. The van der Waals surface area contributed by atoms with E-state index >= 15 is 0 Å². The molecule has 0 spiro atoms. The van der Waals surface area contributed by atoms with Crippen molar-refractivity contribution >= 4 is 22.6 Å². The van der Waals surface area contributed by atoms with Crippen molar-refractivity contribution in [2.75, 3.05) is 0 Å². The van der Waals surface area contributed by atoms with Gasteiger partial charge in [0.15, 0.2) is 0 Å². The second-order valence-electron chi connectivity index (χ2n) is 3.67. The maximum absolute atomic E-state index is 13.4. The van der Waals surface area contributed by atoms with Gasteiger partial charge in [0.1, 0.15) is 11.6 Å². The van der Waals surface area contributed by atoms with E-state index in [-0.39, 0.29) is 11.6 Å². The number of alkyl halides is 3. The Balaban J connectivity index is 2.30. The number of rotatable bonds is 2. The molecule has 0 heterocycles. The Kier molecular flexibility index (Phi) is 3.98. The quantitative estimate of drug-likeness (QED) is 0.525. The number of hydrogen-bond donors (Lipinski definition) is 0. The Labute approximate surface area is 120 Å². The fourth-order valence-electron chi connectivity index (χ4n) is 1.56. The molecule has 0 aliphatic rings. The third-order valence-corrected chi connectivity index (χ3v) is 3.45. The lowest BCUT2D eigenvalue weighted by molar-refractivity contribution is -0.274. The highest BCUT2D eigenvalue weighted by molar-refractivity contribution is 14.1. The lowest BCUT2D eigenvalue weighted by Gasteiger charge is -2.10. The van der Waals surface area contributed by atoms with Gasteiger partial charge in [-0.2, -0.15) is 0 Å². The Bertz CT molecular complexity index is 578. The van der Waals surface area contributed by atoms with E-state index in [9.17, 15) is 17.6 Å². The van der Waals surface area contributed by atoms with Gasteiger partial charge in [-0.05, 0) is 51.9 Å². The predicted molar refractivity (Wildman–Crippen MR) is 71.2 cm³/mol. The molecular formula is C13H7F4IO. The minimum Gasteiger partial charge on any atom is -0.406 e. The monoisotopic (exact) mass is 382 g/mol. The molecule has 2 aromatic rings. The minimum absolute atomic E-state index is 0.303. The summed E-state index contributed by atoms with van der Waals surface area (Å²) in [6, 6.07) is 9.88. The van der Waals surface area contributed by atoms with Gasteiger partial charge in [-0.25, -0.2) is 4.39 Å². The third-order valence-electron chi connectivity index (χ3n) is 2.35. The van der Waals surface area contributed by atoms with Crippen LogP contribution in [0.3, 0.4) is 0 Å². The van der Waals surface area contributed by atoms with Crippen LogP contribution in [0.5, 0.6) is 5.75 Å². The van der Waals surface area contributed by atoms with Gasteiger partial charge in [-0.15, -0.1) is 13.2 Å². The van der Waals surface area contributed by atoms with E-state index in [1.807, 2.05) is 22.6 Å². The molecule has 0 unspecified atom stereocenters. The molecule has 0 amide bonds. The highest BCUT2D eigenvalue weighted by atomic mass is 127. The van der Waals surface area contributed by atoms with Gasteiger partial charge in [0.25, 0.3) is 0 Å². The Morgan fingerprint density at radius 1 is 0.947 bits per heavy atom. The first kappa shape index (κ1) is 14.1. The molecule has 0 radical (unpaired) electrons. The summed E-state index contributed by atoms with van der Waals surface area (Å²) in [5.74, 6) is -0.670. The zero-order chi connectivity index (χ0) is 14.0. The summed E-state index contributed by atoms with van der Waals surface area (Å²) in [6.07, 6.45) is -4.71. The summed E-state index contributed by atoms with van der Waals surface area (Å²) in [6.45, 7) is 0. The molecule has 100 valence electrons. The summed E-state index contributed by atoms with van der Waals surface area (Å²) >= 11 is 1.85. The van der Waals surface area contributed by atoms with Crippen LogP contribution in [-0.4, -0.2) is 6.36 Å². The average Bonchev–Trinajstić information content (AvgIpc) is 2.32.